The number of hydrogen-bond donors (Lipinski definition) is 1. The van der Waals surface area contributed by atoms with E-state index < -0.39 is 0 Å². The first-order chi connectivity index (χ1) is 3.31. The molecule has 0 spiro atoms. The van der Waals surface area contributed by atoms with E-state index in [1.165, 1.54) is 7.11 Å². The Labute approximate surface area is 42.0 Å². The summed E-state index contributed by atoms with van der Waals surface area (Å²) in [5.74, 6) is 0.259. The van der Waals surface area contributed by atoms with Crippen molar-refractivity contribution >= 4 is 6.41 Å². The van der Waals surface area contributed by atoms with Crippen molar-refractivity contribution in [2.45, 2.75) is 0 Å². The molecule has 0 rings (SSSR count). The topological polar surface area (TPSA) is 38.3 Å². The highest BCUT2D eigenvalue weighted by Gasteiger charge is 1.80. The van der Waals surface area contributed by atoms with Gasteiger partial charge in [0, 0.05) is 0 Å². The Balaban J connectivity index is 3.17. The van der Waals surface area contributed by atoms with Crippen LogP contribution in [0.3, 0.4) is 0 Å². The Bertz CT molecular complexity index is 79.8. The summed E-state index contributed by atoms with van der Waals surface area (Å²) in [5.41, 5.74) is 0. The van der Waals surface area contributed by atoms with Crippen LogP contribution in [-0.2, 0) is 9.53 Å². The second kappa shape index (κ2) is 3.21. The molecule has 0 atom stereocenters. The molecule has 1 N–H and O–H groups in total. The summed E-state index contributed by atoms with van der Waals surface area (Å²) in [6.07, 6.45) is 0.506. The van der Waals surface area contributed by atoms with Gasteiger partial charge in [0.05, 0.1) is 7.11 Å². The van der Waals surface area contributed by atoms with E-state index in [4.69, 9.17) is 0 Å². The van der Waals surface area contributed by atoms with Crippen LogP contribution in [0.1, 0.15) is 0 Å². The molecule has 0 aliphatic rings. The van der Waals surface area contributed by atoms with Crippen LogP contribution in [0.25, 0.3) is 0 Å². The number of methoxy groups -OCH3 is 1. The lowest BCUT2D eigenvalue weighted by Gasteiger charge is -1.96. The number of carbonyl (C=O) groups is 1. The molecule has 0 saturated carbocycles. The maximum Gasteiger partial charge on any atom is 0.213 e. The molecule has 0 aromatic carbocycles. The van der Waals surface area contributed by atoms with Gasteiger partial charge in [0.15, 0.2) is 5.88 Å². The predicted octanol–water partition coefficient (Wildman–Crippen LogP) is -0.150. The van der Waals surface area contributed by atoms with Crippen LogP contribution >= 0.6 is 0 Å². The van der Waals surface area contributed by atoms with Crippen molar-refractivity contribution in [2.75, 3.05) is 7.11 Å². The SMILES string of the molecule is C=C(NC=O)OC. The van der Waals surface area contributed by atoms with Crippen LogP contribution in [0.5, 0.6) is 0 Å². The fraction of sp³-hybridized carbons (Fsp3) is 0.250. The van der Waals surface area contributed by atoms with Gasteiger partial charge in [-0.05, 0) is 6.58 Å². The third kappa shape index (κ3) is 2.82. The molecule has 0 aliphatic heterocycles. The molecule has 0 fully saturated rings. The third-order valence-electron chi connectivity index (χ3n) is 0.466. The Kier molecular flexibility index (Phi) is 2.76. The van der Waals surface area contributed by atoms with Gasteiger partial charge < -0.3 is 4.74 Å². The average Bonchev–Trinajstić information content (AvgIpc) is 1.68. The highest BCUT2D eigenvalue weighted by molar-refractivity contribution is 5.48. The second-order valence-corrected chi connectivity index (χ2v) is 0.889. The molecule has 3 heteroatoms. The van der Waals surface area contributed by atoms with E-state index in [1.807, 2.05) is 0 Å². The number of hydrogen-bond acceptors (Lipinski definition) is 2. The van der Waals surface area contributed by atoms with E-state index in [2.05, 4.69) is 16.6 Å². The van der Waals surface area contributed by atoms with Crippen molar-refractivity contribution in [1.29, 1.82) is 0 Å². The minimum atomic E-state index is 0.259. The minimum absolute atomic E-state index is 0.259. The lowest BCUT2D eigenvalue weighted by Crippen LogP contribution is -2.09. The van der Waals surface area contributed by atoms with Gasteiger partial charge in [-0.1, -0.05) is 0 Å². The summed E-state index contributed by atoms with van der Waals surface area (Å²) in [4.78, 5) is 9.52. The Morgan fingerprint density at radius 1 is 2.00 bits per heavy atom. The molecule has 0 heterocycles. The number of amides is 1. The van der Waals surface area contributed by atoms with Gasteiger partial charge in [-0.3, -0.25) is 10.1 Å². The lowest BCUT2D eigenvalue weighted by atomic mass is 10.9. The van der Waals surface area contributed by atoms with Crippen molar-refractivity contribution in [3.63, 3.8) is 0 Å². The summed E-state index contributed by atoms with van der Waals surface area (Å²) >= 11 is 0. The predicted molar refractivity (Wildman–Crippen MR) is 25.3 cm³/mol. The molecule has 0 unspecified atom stereocenters. The van der Waals surface area contributed by atoms with Crippen LogP contribution in [-0.4, -0.2) is 13.5 Å². The third-order valence-corrected chi connectivity index (χ3v) is 0.466. The molecule has 1 amide bonds. The van der Waals surface area contributed by atoms with E-state index in [0.29, 0.717) is 6.41 Å². The van der Waals surface area contributed by atoms with Crippen molar-refractivity contribution in [3.8, 4) is 0 Å². The number of ether oxygens (including phenoxy) is 1. The summed E-state index contributed by atoms with van der Waals surface area (Å²) < 4.78 is 4.45. The molecule has 0 aliphatic carbocycles. The van der Waals surface area contributed by atoms with Gasteiger partial charge in [-0.2, -0.15) is 0 Å². The van der Waals surface area contributed by atoms with Crippen LogP contribution in [0, 0.1) is 0 Å². The van der Waals surface area contributed by atoms with Crippen LogP contribution < -0.4 is 5.32 Å². The van der Waals surface area contributed by atoms with Gasteiger partial charge in [-0.15, -0.1) is 0 Å². The summed E-state index contributed by atoms with van der Waals surface area (Å²) in [6.45, 7) is 3.30. The van der Waals surface area contributed by atoms with Crippen molar-refractivity contribution in [2.24, 2.45) is 0 Å². The maximum absolute atomic E-state index is 9.52. The number of nitrogens with one attached hydrogen (secondary N) is 1. The molecule has 0 aromatic heterocycles. The maximum atomic E-state index is 9.52. The zero-order valence-electron chi connectivity index (χ0n) is 4.10. The largest absolute Gasteiger partial charge is 0.483 e. The normalized spacial score (nSPS) is 7.00. The minimum Gasteiger partial charge on any atom is -0.483 e. The van der Waals surface area contributed by atoms with E-state index in [-0.39, 0.29) is 5.88 Å². The highest BCUT2D eigenvalue weighted by atomic mass is 16.5. The van der Waals surface area contributed by atoms with E-state index >= 15 is 0 Å². The number of carbonyl (C=O) groups excluding carboxylic acids is 1. The van der Waals surface area contributed by atoms with Gasteiger partial charge in [-0.25, -0.2) is 0 Å². The molecular formula is C4H7NO2. The summed E-state index contributed by atoms with van der Waals surface area (Å²) in [7, 11) is 1.43. The van der Waals surface area contributed by atoms with Crippen molar-refractivity contribution in [3.05, 3.63) is 12.5 Å². The van der Waals surface area contributed by atoms with Crippen LogP contribution in [0.15, 0.2) is 12.5 Å². The first kappa shape index (κ1) is 6.01. The zero-order chi connectivity index (χ0) is 5.70. The monoisotopic (exact) mass is 101 g/mol. The van der Waals surface area contributed by atoms with Gasteiger partial charge in [0.2, 0.25) is 6.41 Å². The average molecular weight is 101 g/mol. The number of rotatable bonds is 3. The summed E-state index contributed by atoms with van der Waals surface area (Å²) in [5, 5.41) is 2.20. The van der Waals surface area contributed by atoms with Gasteiger partial charge in [0.1, 0.15) is 0 Å². The molecule has 0 radical (unpaired) electrons. The molecular weight excluding hydrogens is 94.0 g/mol. The Hall–Kier alpha value is -0.990. The molecule has 0 aromatic rings. The van der Waals surface area contributed by atoms with Gasteiger partial charge in [0.25, 0.3) is 0 Å². The Morgan fingerprint density at radius 3 is 2.71 bits per heavy atom. The van der Waals surface area contributed by atoms with E-state index in [9.17, 15) is 4.79 Å². The highest BCUT2D eigenvalue weighted by Crippen LogP contribution is 1.76. The summed E-state index contributed by atoms with van der Waals surface area (Å²) in [6, 6.07) is 0. The second-order valence-electron chi connectivity index (χ2n) is 0.889. The lowest BCUT2D eigenvalue weighted by molar-refractivity contribution is -0.109. The van der Waals surface area contributed by atoms with E-state index in [1.54, 1.807) is 0 Å². The van der Waals surface area contributed by atoms with Gasteiger partial charge >= 0.3 is 0 Å². The zero-order valence-corrected chi connectivity index (χ0v) is 4.10. The van der Waals surface area contributed by atoms with E-state index in [0.717, 1.165) is 0 Å². The smallest absolute Gasteiger partial charge is 0.213 e. The molecule has 40 valence electrons. The fourth-order valence-corrected chi connectivity index (χ4v) is 0.125. The quantitative estimate of drug-likeness (QED) is 0.396. The molecule has 7 heavy (non-hydrogen) atoms. The Morgan fingerprint density at radius 2 is 2.57 bits per heavy atom. The molecule has 3 nitrogen and oxygen atoms in total. The van der Waals surface area contributed by atoms with Crippen LogP contribution in [0.4, 0.5) is 0 Å². The first-order valence-electron chi connectivity index (χ1n) is 1.74. The van der Waals surface area contributed by atoms with Crippen LogP contribution in [0.2, 0.25) is 0 Å². The van der Waals surface area contributed by atoms with Crippen molar-refractivity contribution < 1.29 is 9.53 Å². The first-order valence-corrected chi connectivity index (χ1v) is 1.74. The fourth-order valence-electron chi connectivity index (χ4n) is 0.125. The van der Waals surface area contributed by atoms with Crippen molar-refractivity contribution in [1.82, 2.24) is 5.32 Å². The molecule has 0 saturated heterocycles. The molecule has 0 bridgehead atoms. The standard InChI is InChI=1S/C4H7NO2/c1-4(7-2)5-3-6/h3H,1H2,2H3,(H,5,6).